The molecule has 0 radical (unpaired) electrons. The molecule has 0 N–H and O–H groups in total. The highest BCUT2D eigenvalue weighted by Gasteiger charge is 2.16. The molecule has 0 aromatic heterocycles. The van der Waals surface area contributed by atoms with Crippen molar-refractivity contribution in [2.24, 2.45) is 9.98 Å². The van der Waals surface area contributed by atoms with Crippen LogP contribution in [-0.4, -0.2) is 20.6 Å². The molecule has 0 amide bonds. The average Bonchev–Trinajstić information content (AvgIpc) is 2.59. The van der Waals surface area contributed by atoms with Gasteiger partial charge in [-0.05, 0) is 35.4 Å². The van der Waals surface area contributed by atoms with Crippen LogP contribution >= 0.6 is 0 Å². The summed E-state index contributed by atoms with van der Waals surface area (Å²) < 4.78 is 29.5. The van der Waals surface area contributed by atoms with Gasteiger partial charge in [-0.15, -0.1) is 0 Å². The first-order valence-electron chi connectivity index (χ1n) is 6.75. The molecule has 0 bridgehead atoms. The summed E-state index contributed by atoms with van der Waals surface area (Å²) in [6.45, 7) is 0.302. The Hall–Kier alpha value is -3.05. The zero-order valence-corrected chi connectivity index (χ0v) is 13.2. The fourth-order valence-electron chi connectivity index (χ4n) is 1.83. The van der Waals surface area contributed by atoms with Crippen molar-refractivity contribution in [1.82, 2.24) is 0 Å². The van der Waals surface area contributed by atoms with E-state index in [1.807, 2.05) is 0 Å². The fraction of sp³-hybridized carbons (Fsp3) is 0.125. The van der Waals surface area contributed by atoms with Gasteiger partial charge in [-0.3, -0.25) is 0 Å². The maximum Gasteiger partial charge on any atom is 0.339 e. The maximum atomic E-state index is 12.2. The number of benzene rings is 2. The Bertz CT molecular complexity index is 892. The van der Waals surface area contributed by atoms with Crippen LogP contribution in [0, 0.1) is 0 Å². The third-order valence-electron chi connectivity index (χ3n) is 2.99. The van der Waals surface area contributed by atoms with Crippen LogP contribution in [0.2, 0.25) is 0 Å². The molecule has 2 rings (SSSR count). The Kier molecular flexibility index (Phi) is 5.76. The van der Waals surface area contributed by atoms with E-state index in [0.29, 0.717) is 5.56 Å². The Morgan fingerprint density at radius 1 is 0.792 bits per heavy atom. The lowest BCUT2D eigenvalue weighted by molar-refractivity contribution is 0.486. The number of rotatable bonds is 7. The van der Waals surface area contributed by atoms with Gasteiger partial charge in [-0.1, -0.05) is 24.3 Å². The molecule has 7 nitrogen and oxygen atoms in total. The van der Waals surface area contributed by atoms with Crippen molar-refractivity contribution >= 4 is 22.3 Å². The first-order chi connectivity index (χ1) is 11.5. The Labute approximate surface area is 138 Å². The summed E-state index contributed by atoms with van der Waals surface area (Å²) in [5.74, 6) is 0.142. The number of nitrogens with zero attached hydrogens (tertiary/aromatic N) is 2. The van der Waals surface area contributed by atoms with Gasteiger partial charge in [0.15, 0.2) is 0 Å². The molecular formula is C16H12N2O5S. The van der Waals surface area contributed by atoms with Crippen molar-refractivity contribution in [3.63, 3.8) is 0 Å². The summed E-state index contributed by atoms with van der Waals surface area (Å²) in [6.07, 6.45) is 2.84. The van der Waals surface area contributed by atoms with Crippen LogP contribution in [0.3, 0.4) is 0 Å². The monoisotopic (exact) mass is 344 g/mol. The van der Waals surface area contributed by atoms with Crippen LogP contribution in [0.1, 0.15) is 11.1 Å². The van der Waals surface area contributed by atoms with Gasteiger partial charge in [0, 0.05) is 0 Å². The molecule has 8 heteroatoms. The molecule has 0 aliphatic carbocycles. The van der Waals surface area contributed by atoms with E-state index in [-0.39, 0.29) is 23.7 Å². The molecular weight excluding hydrogens is 332 g/mol. The van der Waals surface area contributed by atoms with Gasteiger partial charge in [-0.25, -0.2) is 19.6 Å². The van der Waals surface area contributed by atoms with E-state index in [4.69, 9.17) is 4.18 Å². The molecule has 0 heterocycles. The molecule has 0 atom stereocenters. The van der Waals surface area contributed by atoms with Gasteiger partial charge in [0.25, 0.3) is 0 Å². The van der Waals surface area contributed by atoms with Crippen molar-refractivity contribution in [2.75, 3.05) is 0 Å². The Morgan fingerprint density at radius 3 is 1.71 bits per heavy atom. The SMILES string of the molecule is O=C=NCc1ccc(OS(=O)(=O)c2ccc(CN=C=O)cc2)cc1. The summed E-state index contributed by atoms with van der Waals surface area (Å²) in [7, 11) is -3.97. The zero-order chi connectivity index (χ0) is 17.4. The number of hydrogen-bond donors (Lipinski definition) is 0. The summed E-state index contributed by atoms with van der Waals surface area (Å²) in [5.41, 5.74) is 1.40. The Balaban J connectivity index is 2.12. The Morgan fingerprint density at radius 2 is 1.25 bits per heavy atom. The van der Waals surface area contributed by atoms with Gasteiger partial charge >= 0.3 is 10.1 Å². The zero-order valence-electron chi connectivity index (χ0n) is 12.4. The summed E-state index contributed by atoms with van der Waals surface area (Å²) >= 11 is 0. The summed E-state index contributed by atoms with van der Waals surface area (Å²) in [6, 6.07) is 12.0. The highest BCUT2D eigenvalue weighted by atomic mass is 32.2. The molecule has 2 aromatic rings. The second-order valence-electron chi connectivity index (χ2n) is 4.64. The van der Waals surface area contributed by atoms with Crippen LogP contribution in [0.15, 0.2) is 63.4 Å². The lowest BCUT2D eigenvalue weighted by Crippen LogP contribution is -2.09. The van der Waals surface area contributed by atoms with Gasteiger partial charge in [-0.2, -0.15) is 8.42 Å². The molecule has 2 aromatic carbocycles. The van der Waals surface area contributed by atoms with Crippen LogP contribution in [0.5, 0.6) is 5.75 Å². The topological polar surface area (TPSA) is 102 Å². The van der Waals surface area contributed by atoms with E-state index < -0.39 is 10.1 Å². The smallest absolute Gasteiger partial charge is 0.339 e. The number of isocyanates is 2. The third-order valence-corrected chi connectivity index (χ3v) is 4.26. The molecule has 0 aliphatic rings. The number of aliphatic imine (C=N–C) groups is 2. The minimum atomic E-state index is -3.97. The van der Waals surface area contributed by atoms with E-state index in [1.165, 1.54) is 48.6 Å². The molecule has 0 fully saturated rings. The molecule has 0 aliphatic heterocycles. The lowest BCUT2D eigenvalue weighted by Gasteiger charge is -2.08. The third kappa shape index (κ3) is 4.72. The van der Waals surface area contributed by atoms with E-state index in [1.54, 1.807) is 12.1 Å². The van der Waals surface area contributed by atoms with Crippen LogP contribution < -0.4 is 4.18 Å². The highest BCUT2D eigenvalue weighted by Crippen LogP contribution is 2.20. The van der Waals surface area contributed by atoms with Crippen molar-refractivity contribution in [1.29, 1.82) is 0 Å². The van der Waals surface area contributed by atoms with Gasteiger partial charge in [0.1, 0.15) is 10.6 Å². The second-order valence-corrected chi connectivity index (χ2v) is 6.19. The van der Waals surface area contributed by atoms with Crippen molar-refractivity contribution in [3.8, 4) is 5.75 Å². The molecule has 0 saturated heterocycles. The molecule has 24 heavy (non-hydrogen) atoms. The second kappa shape index (κ2) is 7.99. The van der Waals surface area contributed by atoms with Crippen LogP contribution in [0.25, 0.3) is 0 Å². The predicted molar refractivity (Wildman–Crippen MR) is 84.3 cm³/mol. The van der Waals surface area contributed by atoms with E-state index in [2.05, 4.69) is 9.98 Å². The largest absolute Gasteiger partial charge is 0.379 e. The quantitative estimate of drug-likeness (QED) is 0.435. The minimum Gasteiger partial charge on any atom is -0.379 e. The summed E-state index contributed by atoms with van der Waals surface area (Å²) in [5, 5.41) is 0. The maximum absolute atomic E-state index is 12.2. The van der Waals surface area contributed by atoms with Crippen molar-refractivity contribution in [3.05, 3.63) is 59.7 Å². The molecule has 0 spiro atoms. The van der Waals surface area contributed by atoms with E-state index in [0.717, 1.165) is 5.56 Å². The van der Waals surface area contributed by atoms with Gasteiger partial charge < -0.3 is 4.18 Å². The van der Waals surface area contributed by atoms with Crippen LogP contribution in [-0.2, 0) is 32.8 Å². The predicted octanol–water partition coefficient (Wildman–Crippen LogP) is 2.13. The molecule has 0 saturated carbocycles. The average molecular weight is 344 g/mol. The highest BCUT2D eigenvalue weighted by molar-refractivity contribution is 7.87. The molecule has 0 unspecified atom stereocenters. The minimum absolute atomic E-state index is 0.0176. The number of hydrogen-bond acceptors (Lipinski definition) is 7. The van der Waals surface area contributed by atoms with Gasteiger partial charge in [0.05, 0.1) is 13.1 Å². The first kappa shape index (κ1) is 17.3. The lowest BCUT2D eigenvalue weighted by atomic mass is 10.2. The first-order valence-corrected chi connectivity index (χ1v) is 8.15. The standard InChI is InChI=1S/C16H12N2O5S/c19-11-17-9-13-1-5-15(6-2-13)23-24(21,22)16-7-3-14(4-8-16)10-18-12-20/h1-8H,9-10H2. The molecule has 122 valence electrons. The summed E-state index contributed by atoms with van der Waals surface area (Å²) in [4.78, 5) is 26.9. The number of carbonyl (C=O) groups excluding carboxylic acids is 2. The fourth-order valence-corrected chi connectivity index (χ4v) is 2.76. The van der Waals surface area contributed by atoms with E-state index in [9.17, 15) is 18.0 Å². The van der Waals surface area contributed by atoms with Crippen molar-refractivity contribution < 1.29 is 22.2 Å². The van der Waals surface area contributed by atoms with Crippen molar-refractivity contribution in [2.45, 2.75) is 18.0 Å². The van der Waals surface area contributed by atoms with E-state index >= 15 is 0 Å². The normalized spacial score (nSPS) is 10.3. The van der Waals surface area contributed by atoms with Gasteiger partial charge in [0.2, 0.25) is 12.2 Å². The van der Waals surface area contributed by atoms with Crippen LogP contribution in [0.4, 0.5) is 0 Å².